The van der Waals surface area contributed by atoms with Crippen molar-refractivity contribution in [3.05, 3.63) is 83.7 Å². The Balaban J connectivity index is 1.52. The topological polar surface area (TPSA) is 52.1 Å². The first-order valence-corrected chi connectivity index (χ1v) is 10.3. The molecule has 0 saturated heterocycles. The van der Waals surface area contributed by atoms with E-state index in [4.69, 9.17) is 13.8 Å². The maximum Gasteiger partial charge on any atom is 0.227 e. The van der Waals surface area contributed by atoms with Crippen LogP contribution in [0.4, 0.5) is 0 Å². The number of para-hydroxylation sites is 1. The van der Waals surface area contributed by atoms with Crippen molar-refractivity contribution in [2.75, 3.05) is 0 Å². The Kier molecular flexibility index (Phi) is 3.78. The molecule has 0 N–H and O–H groups in total. The first-order chi connectivity index (χ1) is 15.0. The molecule has 150 valence electrons. The first kappa shape index (κ1) is 17.9. The SMILES string of the molecule is Cc1cc(C)cc(-c2cc3cnc(-c4cccc5c4oc4nc(C)ccc45)cc3o2)c1. The zero-order chi connectivity index (χ0) is 21.1. The minimum absolute atomic E-state index is 0.652. The summed E-state index contributed by atoms with van der Waals surface area (Å²) in [5.74, 6) is 0.849. The van der Waals surface area contributed by atoms with Crippen molar-refractivity contribution in [3.8, 4) is 22.6 Å². The number of benzene rings is 2. The van der Waals surface area contributed by atoms with Crippen molar-refractivity contribution < 1.29 is 8.83 Å². The van der Waals surface area contributed by atoms with Gasteiger partial charge in [-0.15, -0.1) is 0 Å². The molecule has 4 nitrogen and oxygen atoms in total. The Labute approximate surface area is 179 Å². The van der Waals surface area contributed by atoms with Crippen molar-refractivity contribution in [2.24, 2.45) is 0 Å². The maximum atomic E-state index is 6.23. The van der Waals surface area contributed by atoms with Crippen LogP contribution in [-0.4, -0.2) is 9.97 Å². The van der Waals surface area contributed by atoms with E-state index in [-0.39, 0.29) is 0 Å². The van der Waals surface area contributed by atoms with E-state index in [1.807, 2.05) is 37.4 Å². The molecule has 6 aromatic rings. The monoisotopic (exact) mass is 404 g/mol. The van der Waals surface area contributed by atoms with Gasteiger partial charge >= 0.3 is 0 Å². The number of pyridine rings is 2. The minimum atomic E-state index is 0.652. The molecule has 4 heterocycles. The van der Waals surface area contributed by atoms with Crippen molar-refractivity contribution in [1.82, 2.24) is 9.97 Å². The third-order valence-electron chi connectivity index (χ3n) is 5.69. The first-order valence-electron chi connectivity index (χ1n) is 10.3. The maximum absolute atomic E-state index is 6.23. The van der Waals surface area contributed by atoms with Crippen LogP contribution in [-0.2, 0) is 0 Å². The van der Waals surface area contributed by atoms with E-state index in [1.54, 1.807) is 0 Å². The summed E-state index contributed by atoms with van der Waals surface area (Å²) < 4.78 is 12.4. The largest absolute Gasteiger partial charge is 0.456 e. The molecule has 0 fully saturated rings. The molecule has 2 aromatic carbocycles. The summed E-state index contributed by atoms with van der Waals surface area (Å²) in [6.07, 6.45) is 1.87. The third kappa shape index (κ3) is 2.91. The van der Waals surface area contributed by atoms with E-state index in [1.165, 1.54) is 11.1 Å². The highest BCUT2D eigenvalue weighted by molar-refractivity contribution is 6.08. The molecule has 31 heavy (non-hydrogen) atoms. The highest BCUT2D eigenvalue weighted by Crippen LogP contribution is 2.36. The van der Waals surface area contributed by atoms with Gasteiger partial charge in [0.05, 0.1) is 5.69 Å². The molecule has 0 atom stereocenters. The second-order valence-corrected chi connectivity index (χ2v) is 8.18. The molecule has 0 bridgehead atoms. The molecular formula is C27H20N2O2. The molecule has 0 unspecified atom stereocenters. The highest BCUT2D eigenvalue weighted by atomic mass is 16.3. The predicted octanol–water partition coefficient (Wildman–Crippen LogP) is 7.38. The fraction of sp³-hybridized carbons (Fsp3) is 0.111. The number of aromatic nitrogens is 2. The second kappa shape index (κ2) is 6.54. The fourth-order valence-electron chi connectivity index (χ4n) is 4.31. The summed E-state index contributed by atoms with van der Waals surface area (Å²) in [7, 11) is 0. The van der Waals surface area contributed by atoms with Crippen LogP contribution in [0, 0.1) is 20.8 Å². The Bertz CT molecular complexity index is 1600. The molecule has 4 aromatic heterocycles. The van der Waals surface area contributed by atoms with Crippen molar-refractivity contribution in [3.63, 3.8) is 0 Å². The van der Waals surface area contributed by atoms with Gasteiger partial charge in [0.1, 0.15) is 16.9 Å². The summed E-state index contributed by atoms with van der Waals surface area (Å²) in [5.41, 5.74) is 8.45. The fourth-order valence-corrected chi connectivity index (χ4v) is 4.31. The van der Waals surface area contributed by atoms with Gasteiger partial charge in [-0.1, -0.05) is 29.3 Å². The lowest BCUT2D eigenvalue weighted by atomic mass is 10.1. The predicted molar refractivity (Wildman–Crippen MR) is 124 cm³/mol. The van der Waals surface area contributed by atoms with Gasteiger partial charge in [0, 0.05) is 45.2 Å². The van der Waals surface area contributed by atoms with Gasteiger partial charge in [-0.3, -0.25) is 4.98 Å². The number of nitrogens with zero attached hydrogens (tertiary/aromatic N) is 2. The Morgan fingerprint density at radius 3 is 2.45 bits per heavy atom. The molecule has 6 rings (SSSR count). The number of furan rings is 2. The average molecular weight is 404 g/mol. The highest BCUT2D eigenvalue weighted by Gasteiger charge is 2.15. The lowest BCUT2D eigenvalue weighted by molar-refractivity contribution is 0.631. The van der Waals surface area contributed by atoms with E-state index in [2.05, 4.69) is 55.2 Å². The van der Waals surface area contributed by atoms with E-state index < -0.39 is 0 Å². The molecule has 0 spiro atoms. The van der Waals surface area contributed by atoms with Gasteiger partial charge in [0.15, 0.2) is 0 Å². The molecule has 0 aliphatic rings. The Morgan fingerprint density at radius 2 is 1.61 bits per heavy atom. The van der Waals surface area contributed by atoms with Crippen LogP contribution < -0.4 is 0 Å². The molecule has 0 saturated carbocycles. The van der Waals surface area contributed by atoms with Crippen molar-refractivity contribution >= 4 is 33.0 Å². The lowest BCUT2D eigenvalue weighted by Crippen LogP contribution is -1.83. The average Bonchev–Trinajstić information content (AvgIpc) is 3.33. The van der Waals surface area contributed by atoms with Gasteiger partial charge in [-0.25, -0.2) is 4.98 Å². The normalized spacial score (nSPS) is 11.7. The summed E-state index contributed by atoms with van der Waals surface area (Å²) in [6.45, 7) is 6.17. The number of hydrogen-bond donors (Lipinski definition) is 0. The van der Waals surface area contributed by atoms with Gasteiger partial charge in [0.2, 0.25) is 5.71 Å². The van der Waals surface area contributed by atoms with Crippen LogP contribution >= 0.6 is 0 Å². The number of aryl methyl sites for hydroxylation is 3. The second-order valence-electron chi connectivity index (χ2n) is 8.18. The van der Waals surface area contributed by atoms with E-state index in [0.29, 0.717) is 5.71 Å². The summed E-state index contributed by atoms with van der Waals surface area (Å²) >= 11 is 0. The van der Waals surface area contributed by atoms with Crippen LogP contribution in [0.1, 0.15) is 16.8 Å². The standard InChI is InChI=1S/C27H20N2O2/c1-15-9-16(2)11-18(10-15)24-12-19-14-28-23(13-25(19)30-24)22-6-4-5-20-21-8-7-17(3)29-27(21)31-26(20)22/h4-14H,1-3H3. The van der Waals surface area contributed by atoms with Gasteiger partial charge in [-0.2, -0.15) is 0 Å². The summed E-state index contributed by atoms with van der Waals surface area (Å²) in [4.78, 5) is 9.26. The van der Waals surface area contributed by atoms with Crippen LogP contribution in [0.15, 0.2) is 75.7 Å². The third-order valence-corrected chi connectivity index (χ3v) is 5.69. The minimum Gasteiger partial charge on any atom is -0.456 e. The van der Waals surface area contributed by atoms with Crippen molar-refractivity contribution in [1.29, 1.82) is 0 Å². The Morgan fingerprint density at radius 1 is 0.774 bits per heavy atom. The van der Waals surface area contributed by atoms with Crippen molar-refractivity contribution in [2.45, 2.75) is 20.8 Å². The van der Waals surface area contributed by atoms with Crippen LogP contribution in [0.5, 0.6) is 0 Å². The number of rotatable bonds is 2. The molecule has 0 aliphatic carbocycles. The smallest absolute Gasteiger partial charge is 0.227 e. The Hall–Kier alpha value is -3.92. The number of fused-ring (bicyclic) bond motifs is 4. The quantitative estimate of drug-likeness (QED) is 0.302. The summed E-state index contributed by atoms with van der Waals surface area (Å²) in [6, 6.07) is 20.7. The molecule has 0 radical (unpaired) electrons. The van der Waals surface area contributed by atoms with Gasteiger partial charge in [-0.05, 0) is 57.2 Å². The van der Waals surface area contributed by atoms with Crippen LogP contribution in [0.3, 0.4) is 0 Å². The van der Waals surface area contributed by atoms with Gasteiger partial charge in [0.25, 0.3) is 0 Å². The molecule has 0 aliphatic heterocycles. The molecule has 0 amide bonds. The number of hydrogen-bond acceptors (Lipinski definition) is 4. The lowest BCUT2D eigenvalue weighted by Gasteiger charge is -2.02. The van der Waals surface area contributed by atoms with E-state index in [9.17, 15) is 0 Å². The molecule has 4 heteroatoms. The van der Waals surface area contributed by atoms with Gasteiger partial charge < -0.3 is 8.83 Å². The van der Waals surface area contributed by atoms with Crippen LogP contribution in [0.2, 0.25) is 0 Å². The van der Waals surface area contributed by atoms with E-state index in [0.717, 1.165) is 55.6 Å². The zero-order valence-electron chi connectivity index (χ0n) is 17.6. The van der Waals surface area contributed by atoms with E-state index >= 15 is 0 Å². The van der Waals surface area contributed by atoms with Crippen LogP contribution in [0.25, 0.3) is 55.6 Å². The molecular weight excluding hydrogens is 384 g/mol. The zero-order valence-corrected chi connectivity index (χ0v) is 17.6. The summed E-state index contributed by atoms with van der Waals surface area (Å²) in [5, 5.41) is 3.03.